The molecule has 0 spiro atoms. The number of nitrogen functional groups attached to an aromatic ring is 1. The number of aryl methyl sites for hydroxylation is 1. The smallest absolute Gasteiger partial charge is 0.453 e. The van der Waals surface area contributed by atoms with Crippen molar-refractivity contribution in [1.29, 1.82) is 0 Å². The maximum atomic E-state index is 12.6. The molecule has 1 aromatic heterocycles. The summed E-state index contributed by atoms with van der Waals surface area (Å²) in [5.41, 5.74) is 7.94. The lowest BCUT2D eigenvalue weighted by Crippen LogP contribution is -2.17. The number of nitrogens with two attached hydrogens (primary N) is 1. The van der Waals surface area contributed by atoms with Crippen LogP contribution in [0.5, 0.6) is 17.2 Å². The van der Waals surface area contributed by atoms with E-state index >= 15 is 0 Å². The van der Waals surface area contributed by atoms with Crippen molar-refractivity contribution in [3.8, 4) is 17.2 Å². The minimum absolute atomic E-state index is 0.0707. The van der Waals surface area contributed by atoms with E-state index in [4.69, 9.17) is 15.2 Å². The highest BCUT2D eigenvalue weighted by Crippen LogP contribution is 2.35. The number of carbonyl (C=O) groups is 1. The second kappa shape index (κ2) is 9.56. The number of anilines is 2. The third-order valence-electron chi connectivity index (χ3n) is 4.29. The second-order valence-electron chi connectivity index (χ2n) is 6.69. The summed E-state index contributed by atoms with van der Waals surface area (Å²) in [5, 5.41) is 2.69. The topological polar surface area (TPSA) is 95.7 Å². The van der Waals surface area contributed by atoms with Gasteiger partial charge in [-0.1, -0.05) is 12.1 Å². The van der Waals surface area contributed by atoms with E-state index in [0.717, 1.165) is 11.6 Å². The molecule has 0 atom stereocenters. The normalized spacial score (nSPS) is 11.2. The molecule has 0 unspecified atom stereocenters. The summed E-state index contributed by atoms with van der Waals surface area (Å²) in [6.07, 6.45) is -4.84. The Bertz CT molecular complexity index is 1100. The molecule has 3 aromatic rings. The van der Waals surface area contributed by atoms with Crippen LogP contribution in [0.3, 0.4) is 0 Å². The summed E-state index contributed by atoms with van der Waals surface area (Å²) in [6.45, 7) is 2.07. The molecule has 2 aromatic carbocycles. The number of halogens is 3. The van der Waals surface area contributed by atoms with E-state index < -0.39 is 18.0 Å². The van der Waals surface area contributed by atoms with Gasteiger partial charge >= 0.3 is 6.36 Å². The monoisotopic (exact) mass is 447 g/mol. The SMILES string of the molecule is COCc1nc(N)c(C(=O)Nc2ccc(Oc3ccccc3OC(F)(F)F)cc2)cc1C. The number of ether oxygens (including phenoxy) is 3. The molecule has 3 N–H and O–H groups in total. The molecular formula is C22H20F3N3O4. The Kier molecular flexibility index (Phi) is 6.84. The van der Waals surface area contributed by atoms with E-state index in [1.165, 1.54) is 49.6 Å². The van der Waals surface area contributed by atoms with Crippen LogP contribution < -0.4 is 20.5 Å². The number of amides is 1. The Morgan fingerprint density at radius 1 is 1.09 bits per heavy atom. The van der Waals surface area contributed by atoms with Gasteiger partial charge in [-0.05, 0) is 55.0 Å². The molecule has 0 aliphatic heterocycles. The van der Waals surface area contributed by atoms with Gasteiger partial charge in [-0.2, -0.15) is 0 Å². The number of pyridine rings is 1. The largest absolute Gasteiger partial charge is 0.573 e. The first-order valence-corrected chi connectivity index (χ1v) is 9.35. The molecule has 0 fully saturated rings. The van der Waals surface area contributed by atoms with Gasteiger partial charge in [0.2, 0.25) is 0 Å². The molecule has 0 aliphatic carbocycles. The molecule has 0 bridgehead atoms. The molecule has 0 saturated carbocycles. The number of rotatable bonds is 7. The van der Waals surface area contributed by atoms with Gasteiger partial charge in [0.05, 0.1) is 17.9 Å². The zero-order valence-corrected chi connectivity index (χ0v) is 17.2. The van der Waals surface area contributed by atoms with Crippen LogP contribution in [0, 0.1) is 6.92 Å². The lowest BCUT2D eigenvalue weighted by molar-refractivity contribution is -0.275. The van der Waals surface area contributed by atoms with E-state index in [0.29, 0.717) is 11.4 Å². The number of aromatic nitrogens is 1. The molecule has 1 heterocycles. The van der Waals surface area contributed by atoms with Crippen molar-refractivity contribution in [2.45, 2.75) is 19.9 Å². The number of hydrogen-bond donors (Lipinski definition) is 2. The maximum absolute atomic E-state index is 12.6. The highest BCUT2D eigenvalue weighted by molar-refractivity contribution is 6.07. The van der Waals surface area contributed by atoms with Crippen LogP contribution in [0.25, 0.3) is 0 Å². The fourth-order valence-electron chi connectivity index (χ4n) is 2.81. The molecule has 0 radical (unpaired) electrons. The van der Waals surface area contributed by atoms with Crippen molar-refractivity contribution >= 4 is 17.4 Å². The molecular weight excluding hydrogens is 427 g/mol. The lowest BCUT2D eigenvalue weighted by atomic mass is 10.1. The third kappa shape index (κ3) is 5.88. The van der Waals surface area contributed by atoms with E-state index in [-0.39, 0.29) is 29.5 Å². The number of nitrogens with one attached hydrogen (secondary N) is 1. The Labute approximate surface area is 181 Å². The van der Waals surface area contributed by atoms with Crippen LogP contribution in [-0.2, 0) is 11.3 Å². The average molecular weight is 447 g/mol. The van der Waals surface area contributed by atoms with Crippen LogP contribution in [0.15, 0.2) is 54.6 Å². The fraction of sp³-hybridized carbons (Fsp3) is 0.182. The number of benzene rings is 2. The number of carbonyl (C=O) groups excluding carboxylic acids is 1. The van der Waals surface area contributed by atoms with E-state index in [9.17, 15) is 18.0 Å². The molecule has 168 valence electrons. The first-order valence-electron chi connectivity index (χ1n) is 9.35. The Hall–Kier alpha value is -3.79. The predicted molar refractivity (Wildman–Crippen MR) is 112 cm³/mol. The maximum Gasteiger partial charge on any atom is 0.573 e. The molecule has 7 nitrogen and oxygen atoms in total. The first kappa shape index (κ1) is 22.9. The van der Waals surface area contributed by atoms with Crippen molar-refractivity contribution in [3.63, 3.8) is 0 Å². The molecule has 10 heteroatoms. The fourth-order valence-corrected chi connectivity index (χ4v) is 2.81. The average Bonchev–Trinajstić information content (AvgIpc) is 2.72. The number of methoxy groups -OCH3 is 1. The van der Waals surface area contributed by atoms with Crippen LogP contribution in [0.4, 0.5) is 24.7 Å². The lowest BCUT2D eigenvalue weighted by Gasteiger charge is -2.14. The number of nitrogens with zero attached hydrogens (tertiary/aromatic N) is 1. The quantitative estimate of drug-likeness (QED) is 0.526. The second-order valence-corrected chi connectivity index (χ2v) is 6.69. The summed E-state index contributed by atoms with van der Waals surface area (Å²) in [6, 6.07) is 13.1. The Balaban J connectivity index is 1.71. The van der Waals surface area contributed by atoms with Gasteiger partial charge in [-0.15, -0.1) is 13.2 Å². The Morgan fingerprint density at radius 2 is 1.75 bits per heavy atom. The van der Waals surface area contributed by atoms with Crippen molar-refractivity contribution in [3.05, 3.63) is 71.4 Å². The summed E-state index contributed by atoms with van der Waals surface area (Å²) >= 11 is 0. The molecule has 0 saturated heterocycles. The number of hydrogen-bond acceptors (Lipinski definition) is 6. The van der Waals surface area contributed by atoms with Crippen molar-refractivity contribution in [2.24, 2.45) is 0 Å². The van der Waals surface area contributed by atoms with Gasteiger partial charge in [-0.3, -0.25) is 4.79 Å². The van der Waals surface area contributed by atoms with Crippen LogP contribution in [-0.4, -0.2) is 24.4 Å². The molecule has 0 aliphatic rings. The summed E-state index contributed by atoms with van der Waals surface area (Å²) in [4.78, 5) is 16.8. The molecule has 3 rings (SSSR count). The number of para-hydroxylation sites is 2. The van der Waals surface area contributed by atoms with Crippen LogP contribution >= 0.6 is 0 Å². The Morgan fingerprint density at radius 3 is 2.38 bits per heavy atom. The zero-order chi connectivity index (χ0) is 23.3. The van der Waals surface area contributed by atoms with Gasteiger partial charge in [0, 0.05) is 12.8 Å². The van der Waals surface area contributed by atoms with E-state index in [1.807, 2.05) is 0 Å². The van der Waals surface area contributed by atoms with Crippen LogP contribution in [0.1, 0.15) is 21.6 Å². The highest BCUT2D eigenvalue weighted by Gasteiger charge is 2.32. The van der Waals surface area contributed by atoms with Crippen molar-refractivity contribution in [1.82, 2.24) is 4.98 Å². The van der Waals surface area contributed by atoms with Gasteiger partial charge < -0.3 is 25.3 Å². The zero-order valence-electron chi connectivity index (χ0n) is 17.2. The van der Waals surface area contributed by atoms with E-state index in [1.54, 1.807) is 13.0 Å². The van der Waals surface area contributed by atoms with Crippen molar-refractivity contribution < 1.29 is 32.2 Å². The molecule has 1 amide bonds. The molecule has 32 heavy (non-hydrogen) atoms. The summed E-state index contributed by atoms with van der Waals surface area (Å²) in [7, 11) is 1.53. The van der Waals surface area contributed by atoms with Crippen LogP contribution in [0.2, 0.25) is 0 Å². The predicted octanol–water partition coefficient (Wildman–Crippen LogP) is 5.06. The summed E-state index contributed by atoms with van der Waals surface area (Å²) in [5.74, 6) is -0.706. The van der Waals surface area contributed by atoms with Gasteiger partial charge in [-0.25, -0.2) is 4.98 Å². The number of alkyl halides is 3. The van der Waals surface area contributed by atoms with Gasteiger partial charge in [0.25, 0.3) is 5.91 Å². The van der Waals surface area contributed by atoms with Crippen molar-refractivity contribution in [2.75, 3.05) is 18.2 Å². The minimum atomic E-state index is -4.84. The van der Waals surface area contributed by atoms with Gasteiger partial charge in [0.15, 0.2) is 11.5 Å². The first-order chi connectivity index (χ1) is 15.2. The highest BCUT2D eigenvalue weighted by atomic mass is 19.4. The standard InChI is InChI=1S/C22H20F3N3O4/c1-13-11-16(20(26)28-17(13)12-30-2)21(29)27-14-7-9-15(10-8-14)31-18-5-3-4-6-19(18)32-22(23,24)25/h3-11H,12H2,1-2H3,(H2,26,28)(H,27,29). The summed E-state index contributed by atoms with van der Waals surface area (Å²) < 4.78 is 52.2. The van der Waals surface area contributed by atoms with E-state index in [2.05, 4.69) is 15.0 Å². The third-order valence-corrected chi connectivity index (χ3v) is 4.29. The minimum Gasteiger partial charge on any atom is -0.453 e. The van der Waals surface area contributed by atoms with Gasteiger partial charge in [0.1, 0.15) is 11.6 Å².